The highest BCUT2D eigenvalue weighted by molar-refractivity contribution is 4.96. The van der Waals surface area contributed by atoms with Crippen LogP contribution >= 0.6 is 0 Å². The molecule has 0 radical (unpaired) electrons. The van der Waals surface area contributed by atoms with Gasteiger partial charge in [0.2, 0.25) is 0 Å². The highest BCUT2D eigenvalue weighted by Gasteiger charge is 2.09. The molecular formula is C9H16. The Balaban J connectivity index is 2.20. The monoisotopic (exact) mass is 124 g/mol. The Bertz CT molecular complexity index is 101. The molecule has 0 spiro atoms. The molecule has 0 aromatic rings. The first-order chi connectivity index (χ1) is 4.29. The van der Waals surface area contributed by atoms with Crippen molar-refractivity contribution in [2.75, 3.05) is 0 Å². The molecule has 0 heteroatoms. The summed E-state index contributed by atoms with van der Waals surface area (Å²) in [7, 11) is 0. The first-order valence-corrected chi connectivity index (χ1v) is 3.95. The van der Waals surface area contributed by atoms with Crippen molar-refractivity contribution in [3.63, 3.8) is 0 Å². The normalized spacial score (nSPS) is 25.9. The third kappa shape index (κ3) is 2.21. The topological polar surface area (TPSA) is 0 Å². The summed E-state index contributed by atoms with van der Waals surface area (Å²) < 4.78 is 0. The van der Waals surface area contributed by atoms with Crippen LogP contribution in [-0.4, -0.2) is 0 Å². The Morgan fingerprint density at radius 1 is 1.56 bits per heavy atom. The maximum atomic E-state index is 2.38. The van der Waals surface area contributed by atoms with Crippen LogP contribution < -0.4 is 0 Å². The van der Waals surface area contributed by atoms with E-state index in [-0.39, 0.29) is 0 Å². The largest absolute Gasteiger partial charge is 0.0882 e. The highest BCUT2D eigenvalue weighted by Crippen LogP contribution is 2.23. The fourth-order valence-electron chi connectivity index (χ4n) is 1.50. The molecule has 0 aromatic carbocycles. The van der Waals surface area contributed by atoms with E-state index in [4.69, 9.17) is 0 Å². The Labute approximate surface area is 58.0 Å². The van der Waals surface area contributed by atoms with Crippen LogP contribution in [0.3, 0.4) is 0 Å². The van der Waals surface area contributed by atoms with Crippen molar-refractivity contribution >= 4 is 0 Å². The molecule has 1 atom stereocenters. The Morgan fingerprint density at radius 3 is 2.78 bits per heavy atom. The third-order valence-corrected chi connectivity index (χ3v) is 1.89. The zero-order valence-corrected chi connectivity index (χ0v) is 6.43. The summed E-state index contributed by atoms with van der Waals surface area (Å²) in [6, 6.07) is 0. The fourth-order valence-corrected chi connectivity index (χ4v) is 1.50. The first kappa shape index (κ1) is 6.85. The van der Waals surface area contributed by atoms with Gasteiger partial charge in [-0.25, -0.2) is 0 Å². The molecule has 52 valence electrons. The predicted molar refractivity (Wildman–Crippen MR) is 41.3 cm³/mol. The van der Waals surface area contributed by atoms with Crippen LogP contribution in [0.15, 0.2) is 12.2 Å². The second-order valence-corrected chi connectivity index (χ2v) is 3.40. The number of hydrogen-bond acceptors (Lipinski definition) is 0. The van der Waals surface area contributed by atoms with Gasteiger partial charge in [-0.15, -0.1) is 0 Å². The SMILES string of the molecule is CC(C)C[C@@H]1C=CCC1. The van der Waals surface area contributed by atoms with E-state index in [2.05, 4.69) is 26.0 Å². The average Bonchev–Trinajstić information content (AvgIpc) is 2.15. The van der Waals surface area contributed by atoms with Crippen LogP contribution in [0.2, 0.25) is 0 Å². The van der Waals surface area contributed by atoms with Gasteiger partial charge in [-0.1, -0.05) is 26.0 Å². The molecule has 0 amide bonds. The minimum absolute atomic E-state index is 0.873. The lowest BCUT2D eigenvalue weighted by Gasteiger charge is -2.08. The summed E-state index contributed by atoms with van der Waals surface area (Å²) in [6.07, 6.45) is 8.79. The van der Waals surface area contributed by atoms with E-state index in [1.807, 2.05) is 0 Å². The minimum Gasteiger partial charge on any atom is -0.0882 e. The minimum atomic E-state index is 0.873. The van der Waals surface area contributed by atoms with Crippen LogP contribution in [0.1, 0.15) is 33.1 Å². The van der Waals surface area contributed by atoms with E-state index in [0.717, 1.165) is 11.8 Å². The van der Waals surface area contributed by atoms with Crippen molar-refractivity contribution in [3.05, 3.63) is 12.2 Å². The van der Waals surface area contributed by atoms with E-state index in [9.17, 15) is 0 Å². The third-order valence-electron chi connectivity index (χ3n) is 1.89. The number of hydrogen-bond donors (Lipinski definition) is 0. The van der Waals surface area contributed by atoms with Crippen molar-refractivity contribution in [1.29, 1.82) is 0 Å². The summed E-state index contributed by atoms with van der Waals surface area (Å²) in [5, 5.41) is 0. The lowest BCUT2D eigenvalue weighted by Crippen LogP contribution is -1.97. The van der Waals surface area contributed by atoms with E-state index in [1.54, 1.807) is 0 Å². The molecule has 0 aliphatic heterocycles. The number of rotatable bonds is 2. The molecule has 0 bridgehead atoms. The zero-order chi connectivity index (χ0) is 6.69. The zero-order valence-electron chi connectivity index (χ0n) is 6.43. The Kier molecular flexibility index (Phi) is 2.32. The lowest BCUT2D eigenvalue weighted by atomic mass is 9.97. The van der Waals surface area contributed by atoms with Crippen LogP contribution in [-0.2, 0) is 0 Å². The molecule has 0 saturated carbocycles. The smallest absolute Gasteiger partial charge is 0.0228 e. The lowest BCUT2D eigenvalue weighted by molar-refractivity contribution is 0.470. The standard InChI is InChI=1S/C9H16/c1-8(2)7-9-5-3-4-6-9/h3,5,8-9H,4,6-7H2,1-2H3/t9-/m1/s1. The van der Waals surface area contributed by atoms with E-state index >= 15 is 0 Å². The van der Waals surface area contributed by atoms with Crippen LogP contribution in [0.4, 0.5) is 0 Å². The van der Waals surface area contributed by atoms with Gasteiger partial charge >= 0.3 is 0 Å². The molecule has 0 aromatic heterocycles. The van der Waals surface area contributed by atoms with Crippen LogP contribution in [0.5, 0.6) is 0 Å². The van der Waals surface area contributed by atoms with E-state index in [0.29, 0.717) is 0 Å². The molecule has 0 fully saturated rings. The molecule has 0 nitrogen and oxygen atoms in total. The quantitative estimate of drug-likeness (QED) is 0.496. The van der Waals surface area contributed by atoms with Gasteiger partial charge in [0, 0.05) is 0 Å². The molecule has 1 aliphatic rings. The summed E-state index contributed by atoms with van der Waals surface area (Å²) in [4.78, 5) is 0. The van der Waals surface area contributed by atoms with Crippen molar-refractivity contribution < 1.29 is 0 Å². The molecule has 1 aliphatic carbocycles. The molecular weight excluding hydrogens is 108 g/mol. The summed E-state index contributed by atoms with van der Waals surface area (Å²) >= 11 is 0. The van der Waals surface area contributed by atoms with Crippen molar-refractivity contribution in [2.24, 2.45) is 11.8 Å². The van der Waals surface area contributed by atoms with Crippen molar-refractivity contribution in [1.82, 2.24) is 0 Å². The van der Waals surface area contributed by atoms with Crippen molar-refractivity contribution in [2.45, 2.75) is 33.1 Å². The Morgan fingerprint density at radius 2 is 2.33 bits per heavy atom. The van der Waals surface area contributed by atoms with E-state index in [1.165, 1.54) is 19.3 Å². The van der Waals surface area contributed by atoms with Gasteiger partial charge in [-0.3, -0.25) is 0 Å². The maximum absolute atomic E-state index is 2.38. The molecule has 9 heavy (non-hydrogen) atoms. The molecule has 1 rings (SSSR count). The van der Waals surface area contributed by atoms with Crippen LogP contribution in [0.25, 0.3) is 0 Å². The van der Waals surface area contributed by atoms with Gasteiger partial charge in [0.1, 0.15) is 0 Å². The highest BCUT2D eigenvalue weighted by atomic mass is 14.1. The first-order valence-electron chi connectivity index (χ1n) is 3.95. The van der Waals surface area contributed by atoms with Crippen LogP contribution in [0, 0.1) is 11.8 Å². The second kappa shape index (κ2) is 3.05. The number of allylic oxidation sites excluding steroid dienone is 2. The van der Waals surface area contributed by atoms with Gasteiger partial charge < -0.3 is 0 Å². The Hall–Kier alpha value is -0.260. The summed E-state index contributed by atoms with van der Waals surface area (Å²) in [5.41, 5.74) is 0. The van der Waals surface area contributed by atoms with Gasteiger partial charge in [-0.05, 0) is 31.1 Å². The molecule has 0 N–H and O–H groups in total. The van der Waals surface area contributed by atoms with Gasteiger partial charge in [0.05, 0.1) is 0 Å². The van der Waals surface area contributed by atoms with Crippen molar-refractivity contribution in [3.8, 4) is 0 Å². The average molecular weight is 124 g/mol. The second-order valence-electron chi connectivity index (χ2n) is 3.40. The molecule has 0 saturated heterocycles. The molecule has 0 heterocycles. The van der Waals surface area contributed by atoms with Gasteiger partial charge in [-0.2, -0.15) is 0 Å². The predicted octanol–water partition coefficient (Wildman–Crippen LogP) is 3.00. The maximum Gasteiger partial charge on any atom is -0.0228 e. The fraction of sp³-hybridized carbons (Fsp3) is 0.778. The summed E-state index contributed by atoms with van der Waals surface area (Å²) in [5.74, 6) is 1.78. The summed E-state index contributed by atoms with van der Waals surface area (Å²) in [6.45, 7) is 4.60. The van der Waals surface area contributed by atoms with Gasteiger partial charge in [0.25, 0.3) is 0 Å². The van der Waals surface area contributed by atoms with E-state index < -0.39 is 0 Å². The molecule has 0 unspecified atom stereocenters. The van der Waals surface area contributed by atoms with Gasteiger partial charge in [0.15, 0.2) is 0 Å².